The number of fused-ring (bicyclic) bond motifs is 1. The molecule has 3 aromatic rings. The monoisotopic (exact) mass is 375 g/mol. The fourth-order valence-corrected chi connectivity index (χ4v) is 3.17. The second-order valence-corrected chi connectivity index (χ2v) is 6.93. The highest BCUT2D eigenvalue weighted by atomic mass is 35.5. The molecule has 0 aliphatic rings. The number of carbonyl (C=O) groups excluding carboxylic acids is 1. The van der Waals surface area contributed by atoms with Crippen molar-refractivity contribution in [3.8, 4) is 0 Å². The number of carbonyl (C=O) groups is 1. The molecule has 6 heteroatoms. The molecule has 4 nitrogen and oxygen atoms in total. The summed E-state index contributed by atoms with van der Waals surface area (Å²) in [5, 5.41) is 3.72. The molecule has 2 aromatic carbocycles. The third-order valence-corrected chi connectivity index (χ3v) is 4.74. The molecule has 1 heterocycles. The van der Waals surface area contributed by atoms with Gasteiger partial charge in [0.2, 0.25) is 0 Å². The fourth-order valence-electron chi connectivity index (χ4n) is 2.87. The summed E-state index contributed by atoms with van der Waals surface area (Å²) >= 11 is 11.8. The average molecular weight is 376 g/mol. The zero-order chi connectivity index (χ0) is 18.0. The number of halogens is 2. The van der Waals surface area contributed by atoms with Crippen molar-refractivity contribution in [2.75, 3.05) is 6.54 Å². The summed E-state index contributed by atoms with van der Waals surface area (Å²) in [7, 11) is 0. The van der Waals surface area contributed by atoms with Crippen LogP contribution < -0.4 is 5.32 Å². The summed E-state index contributed by atoms with van der Waals surface area (Å²) in [6.45, 7) is 4.76. The molecule has 0 unspecified atom stereocenters. The molecular weight excluding hydrogens is 357 g/mol. The topological polar surface area (TPSA) is 46.9 Å². The van der Waals surface area contributed by atoms with E-state index >= 15 is 0 Å². The van der Waals surface area contributed by atoms with Crippen LogP contribution in [0.4, 0.5) is 0 Å². The summed E-state index contributed by atoms with van der Waals surface area (Å²) in [5.41, 5.74) is 2.58. The highest BCUT2D eigenvalue weighted by molar-refractivity contribution is 6.42. The van der Waals surface area contributed by atoms with Gasteiger partial charge in [-0.15, -0.1) is 0 Å². The third-order valence-electron chi connectivity index (χ3n) is 4.00. The lowest BCUT2D eigenvalue weighted by Crippen LogP contribution is -2.26. The highest BCUT2D eigenvalue weighted by Gasteiger charge is 2.13. The van der Waals surface area contributed by atoms with Gasteiger partial charge < -0.3 is 9.88 Å². The van der Waals surface area contributed by atoms with Gasteiger partial charge in [-0.3, -0.25) is 4.79 Å². The summed E-state index contributed by atoms with van der Waals surface area (Å²) in [6, 6.07) is 13.2. The lowest BCUT2D eigenvalue weighted by Gasteiger charge is -2.13. The maximum absolute atomic E-state index is 12.2. The Morgan fingerprint density at radius 3 is 2.64 bits per heavy atom. The van der Waals surface area contributed by atoms with Crippen LogP contribution in [0.1, 0.15) is 36.1 Å². The first-order valence-corrected chi connectivity index (χ1v) is 8.92. The van der Waals surface area contributed by atoms with Gasteiger partial charge in [0.25, 0.3) is 5.91 Å². The van der Waals surface area contributed by atoms with Crippen LogP contribution in [0.5, 0.6) is 0 Å². The molecule has 0 saturated heterocycles. The normalized spacial score (nSPS) is 11.2. The van der Waals surface area contributed by atoms with Gasteiger partial charge in [0.1, 0.15) is 5.82 Å². The van der Waals surface area contributed by atoms with E-state index in [9.17, 15) is 4.79 Å². The number of nitrogens with zero attached hydrogens (tertiary/aromatic N) is 2. The van der Waals surface area contributed by atoms with E-state index in [0.717, 1.165) is 16.9 Å². The molecule has 1 aromatic heterocycles. The van der Waals surface area contributed by atoms with Crippen molar-refractivity contribution in [3.63, 3.8) is 0 Å². The van der Waals surface area contributed by atoms with Crippen molar-refractivity contribution >= 4 is 40.1 Å². The van der Waals surface area contributed by atoms with Crippen LogP contribution in [0.3, 0.4) is 0 Å². The molecule has 1 amide bonds. The van der Waals surface area contributed by atoms with Gasteiger partial charge in [-0.25, -0.2) is 4.98 Å². The number of aromatic nitrogens is 2. The van der Waals surface area contributed by atoms with Crippen molar-refractivity contribution in [3.05, 3.63) is 63.9 Å². The number of rotatable bonds is 5. The predicted molar refractivity (Wildman–Crippen MR) is 103 cm³/mol. The number of hydrogen-bond acceptors (Lipinski definition) is 2. The Morgan fingerprint density at radius 2 is 1.92 bits per heavy atom. The van der Waals surface area contributed by atoms with Crippen LogP contribution in [-0.2, 0) is 6.42 Å². The molecule has 0 atom stereocenters. The minimum Gasteiger partial charge on any atom is -0.352 e. The Kier molecular flexibility index (Phi) is 5.30. The van der Waals surface area contributed by atoms with Crippen LogP contribution in [-0.4, -0.2) is 22.0 Å². The molecule has 1 N–H and O–H groups in total. The number of para-hydroxylation sites is 2. The van der Waals surface area contributed by atoms with Crippen LogP contribution in [0.15, 0.2) is 42.5 Å². The van der Waals surface area contributed by atoms with Crippen LogP contribution in [0, 0.1) is 0 Å². The quantitative estimate of drug-likeness (QED) is 0.689. The van der Waals surface area contributed by atoms with Crippen LogP contribution >= 0.6 is 23.2 Å². The summed E-state index contributed by atoms with van der Waals surface area (Å²) < 4.78 is 2.21. The minimum atomic E-state index is -0.175. The van der Waals surface area contributed by atoms with Gasteiger partial charge in [0, 0.05) is 24.6 Å². The van der Waals surface area contributed by atoms with E-state index in [1.165, 1.54) is 0 Å². The smallest absolute Gasteiger partial charge is 0.251 e. The van der Waals surface area contributed by atoms with Crippen LogP contribution in [0.25, 0.3) is 11.0 Å². The highest BCUT2D eigenvalue weighted by Crippen LogP contribution is 2.23. The first-order chi connectivity index (χ1) is 12.0. The Hall–Kier alpha value is -2.04. The number of amides is 1. The number of imidazole rings is 1. The Labute approximate surface area is 156 Å². The van der Waals surface area contributed by atoms with Crippen molar-refractivity contribution in [1.29, 1.82) is 0 Å². The van der Waals surface area contributed by atoms with Gasteiger partial charge in [-0.1, -0.05) is 35.3 Å². The van der Waals surface area contributed by atoms with E-state index in [-0.39, 0.29) is 5.91 Å². The Bertz CT molecular complexity index is 918. The molecule has 3 rings (SSSR count). The maximum Gasteiger partial charge on any atom is 0.251 e. The summed E-state index contributed by atoms with van der Waals surface area (Å²) in [6.07, 6.45) is 0.653. The zero-order valence-corrected chi connectivity index (χ0v) is 15.6. The van der Waals surface area contributed by atoms with Gasteiger partial charge in [-0.2, -0.15) is 0 Å². The van der Waals surface area contributed by atoms with E-state index in [4.69, 9.17) is 28.2 Å². The average Bonchev–Trinajstić information content (AvgIpc) is 2.95. The van der Waals surface area contributed by atoms with Crippen molar-refractivity contribution < 1.29 is 4.79 Å². The second kappa shape index (κ2) is 7.46. The lowest BCUT2D eigenvalue weighted by atomic mass is 10.2. The van der Waals surface area contributed by atoms with E-state index in [1.807, 2.05) is 18.2 Å². The Morgan fingerprint density at radius 1 is 1.16 bits per heavy atom. The second-order valence-electron chi connectivity index (χ2n) is 6.12. The SMILES string of the molecule is CC(C)n1c(CCNC(=O)c2ccc(Cl)c(Cl)c2)nc2ccccc21. The lowest BCUT2D eigenvalue weighted by molar-refractivity contribution is 0.0954. The maximum atomic E-state index is 12.2. The molecule has 0 radical (unpaired) electrons. The standard InChI is InChI=1S/C19H19Cl2N3O/c1-12(2)24-17-6-4-3-5-16(17)23-18(24)9-10-22-19(25)13-7-8-14(20)15(21)11-13/h3-8,11-12H,9-10H2,1-2H3,(H,22,25). The van der Waals surface area contributed by atoms with Gasteiger partial charge >= 0.3 is 0 Å². The van der Waals surface area contributed by atoms with E-state index in [0.29, 0.717) is 34.6 Å². The number of hydrogen-bond donors (Lipinski definition) is 1. The molecule has 0 fully saturated rings. The molecule has 25 heavy (non-hydrogen) atoms. The summed E-state index contributed by atoms with van der Waals surface area (Å²) in [4.78, 5) is 17.0. The molecule has 0 bridgehead atoms. The largest absolute Gasteiger partial charge is 0.352 e. The van der Waals surface area contributed by atoms with Gasteiger partial charge in [0.05, 0.1) is 21.1 Å². The van der Waals surface area contributed by atoms with Crippen molar-refractivity contribution in [1.82, 2.24) is 14.9 Å². The molecular formula is C19H19Cl2N3O. The predicted octanol–water partition coefficient (Wildman–Crippen LogP) is 4.90. The molecule has 0 aliphatic carbocycles. The van der Waals surface area contributed by atoms with Crippen LogP contribution in [0.2, 0.25) is 10.0 Å². The fraction of sp³-hybridized carbons (Fsp3) is 0.263. The van der Waals surface area contributed by atoms with E-state index < -0.39 is 0 Å². The minimum absolute atomic E-state index is 0.175. The molecule has 0 spiro atoms. The summed E-state index contributed by atoms with van der Waals surface area (Å²) in [5.74, 6) is 0.788. The number of benzene rings is 2. The third kappa shape index (κ3) is 3.80. The van der Waals surface area contributed by atoms with E-state index in [2.05, 4.69) is 29.8 Å². The molecule has 130 valence electrons. The Balaban J connectivity index is 1.71. The number of nitrogens with one attached hydrogen (secondary N) is 1. The first kappa shape index (κ1) is 17.8. The van der Waals surface area contributed by atoms with Crippen molar-refractivity contribution in [2.45, 2.75) is 26.3 Å². The van der Waals surface area contributed by atoms with Crippen molar-refractivity contribution in [2.24, 2.45) is 0 Å². The van der Waals surface area contributed by atoms with E-state index in [1.54, 1.807) is 18.2 Å². The molecule has 0 saturated carbocycles. The first-order valence-electron chi connectivity index (χ1n) is 8.16. The van der Waals surface area contributed by atoms with Gasteiger partial charge in [-0.05, 0) is 44.2 Å². The molecule has 0 aliphatic heterocycles. The zero-order valence-electron chi connectivity index (χ0n) is 14.1. The van der Waals surface area contributed by atoms with Gasteiger partial charge in [0.15, 0.2) is 0 Å².